The van der Waals surface area contributed by atoms with Crippen LogP contribution in [0.3, 0.4) is 0 Å². The predicted octanol–water partition coefficient (Wildman–Crippen LogP) is -0.910. The molecule has 0 aliphatic carbocycles. The molecule has 1 amide bonds. The average Bonchev–Trinajstić information content (AvgIpc) is 2.40. The van der Waals surface area contributed by atoms with Gasteiger partial charge in [0.25, 0.3) is 5.91 Å². The molecule has 1 fully saturated rings. The van der Waals surface area contributed by atoms with Crippen LogP contribution in [-0.4, -0.2) is 31.4 Å². The number of amides is 1. The van der Waals surface area contributed by atoms with Crippen molar-refractivity contribution in [2.24, 2.45) is 0 Å². The Bertz CT molecular complexity index is 140. The highest BCUT2D eigenvalue weighted by Crippen LogP contribution is 2.01. The fraction of sp³-hybridized carbons (Fsp3) is 0.667. The maximum atomic E-state index is 10.4. The molecule has 56 valence electrons. The molecule has 0 aromatic heterocycles. The SMILES string of the molecule is O=CC(=O)N[C@@H]1CCOC1. The Morgan fingerprint density at radius 3 is 3.00 bits per heavy atom. The Hall–Kier alpha value is -0.900. The highest BCUT2D eigenvalue weighted by molar-refractivity contribution is 6.23. The number of nitrogens with one attached hydrogen (secondary N) is 1. The molecule has 1 rings (SSSR count). The van der Waals surface area contributed by atoms with Gasteiger partial charge in [0.2, 0.25) is 6.29 Å². The number of ether oxygens (including phenoxy) is 1. The summed E-state index contributed by atoms with van der Waals surface area (Å²) in [5.74, 6) is -0.560. The van der Waals surface area contributed by atoms with Crippen LogP contribution in [0.4, 0.5) is 0 Å². The molecule has 0 aromatic carbocycles. The molecule has 4 nitrogen and oxygen atoms in total. The quantitative estimate of drug-likeness (QED) is 0.402. The molecule has 0 bridgehead atoms. The van der Waals surface area contributed by atoms with Crippen molar-refractivity contribution < 1.29 is 14.3 Å². The minimum absolute atomic E-state index is 0.0395. The molecule has 0 unspecified atom stereocenters. The lowest BCUT2D eigenvalue weighted by molar-refractivity contribution is -0.131. The molecule has 1 saturated heterocycles. The Balaban J connectivity index is 2.23. The van der Waals surface area contributed by atoms with Crippen LogP contribution < -0.4 is 5.32 Å². The lowest BCUT2D eigenvalue weighted by Crippen LogP contribution is -2.35. The van der Waals surface area contributed by atoms with E-state index in [1.807, 2.05) is 0 Å². The minimum atomic E-state index is -0.560. The van der Waals surface area contributed by atoms with Gasteiger partial charge >= 0.3 is 0 Å². The summed E-state index contributed by atoms with van der Waals surface area (Å²) >= 11 is 0. The van der Waals surface area contributed by atoms with Gasteiger partial charge in [-0.05, 0) is 6.42 Å². The number of carbonyl (C=O) groups is 2. The van der Waals surface area contributed by atoms with Crippen LogP contribution in [0.2, 0.25) is 0 Å². The average molecular weight is 143 g/mol. The maximum absolute atomic E-state index is 10.4. The second-order valence-electron chi connectivity index (χ2n) is 2.19. The third kappa shape index (κ3) is 1.80. The zero-order valence-electron chi connectivity index (χ0n) is 5.50. The standard InChI is InChI=1S/C6H9NO3/c8-3-6(9)7-5-1-2-10-4-5/h3,5H,1-2,4H2,(H,7,9)/t5-/m1/s1. The summed E-state index contributed by atoms with van der Waals surface area (Å²) in [5.41, 5.74) is 0. The van der Waals surface area contributed by atoms with Crippen LogP contribution in [0, 0.1) is 0 Å². The van der Waals surface area contributed by atoms with E-state index in [-0.39, 0.29) is 12.3 Å². The van der Waals surface area contributed by atoms with E-state index in [1.54, 1.807) is 0 Å². The molecular weight excluding hydrogens is 134 g/mol. The molecule has 0 aromatic rings. The molecule has 0 saturated carbocycles. The first kappa shape index (κ1) is 7.21. The second-order valence-corrected chi connectivity index (χ2v) is 2.19. The molecule has 10 heavy (non-hydrogen) atoms. The molecule has 1 N–H and O–H groups in total. The van der Waals surface area contributed by atoms with E-state index in [0.29, 0.717) is 13.2 Å². The lowest BCUT2D eigenvalue weighted by Gasteiger charge is -2.05. The van der Waals surface area contributed by atoms with Crippen molar-refractivity contribution >= 4 is 12.2 Å². The van der Waals surface area contributed by atoms with Crippen molar-refractivity contribution in [2.45, 2.75) is 12.5 Å². The van der Waals surface area contributed by atoms with Crippen molar-refractivity contribution in [3.63, 3.8) is 0 Å². The number of carbonyl (C=O) groups excluding carboxylic acids is 2. The van der Waals surface area contributed by atoms with Crippen LogP contribution >= 0.6 is 0 Å². The van der Waals surface area contributed by atoms with Crippen molar-refractivity contribution in [3.05, 3.63) is 0 Å². The number of hydrogen-bond donors (Lipinski definition) is 1. The molecule has 1 atom stereocenters. The summed E-state index contributed by atoms with van der Waals surface area (Å²) in [6.45, 7) is 1.20. The van der Waals surface area contributed by atoms with E-state index in [2.05, 4.69) is 5.32 Å². The molecule has 1 heterocycles. The summed E-state index contributed by atoms with van der Waals surface area (Å²) in [6.07, 6.45) is 1.08. The third-order valence-corrected chi connectivity index (χ3v) is 1.38. The Kier molecular flexibility index (Phi) is 2.39. The van der Waals surface area contributed by atoms with Gasteiger partial charge in [-0.2, -0.15) is 0 Å². The van der Waals surface area contributed by atoms with Crippen LogP contribution in [0.25, 0.3) is 0 Å². The van der Waals surface area contributed by atoms with Crippen LogP contribution in [0.15, 0.2) is 0 Å². The van der Waals surface area contributed by atoms with E-state index in [0.717, 1.165) is 6.42 Å². The summed E-state index contributed by atoms with van der Waals surface area (Å²) in [6, 6.07) is 0.0395. The van der Waals surface area contributed by atoms with Gasteiger partial charge < -0.3 is 10.1 Å². The Labute approximate surface area is 58.5 Å². The molecule has 1 aliphatic rings. The van der Waals surface area contributed by atoms with E-state index in [4.69, 9.17) is 4.74 Å². The fourth-order valence-corrected chi connectivity index (χ4v) is 0.884. The number of rotatable bonds is 2. The first-order valence-corrected chi connectivity index (χ1v) is 3.16. The summed E-state index contributed by atoms with van der Waals surface area (Å²) in [5, 5.41) is 2.50. The predicted molar refractivity (Wildman–Crippen MR) is 33.4 cm³/mol. The highest BCUT2D eigenvalue weighted by atomic mass is 16.5. The smallest absolute Gasteiger partial charge is 0.284 e. The van der Waals surface area contributed by atoms with Gasteiger partial charge in [0, 0.05) is 6.61 Å². The summed E-state index contributed by atoms with van der Waals surface area (Å²) < 4.78 is 4.97. The second kappa shape index (κ2) is 3.31. The van der Waals surface area contributed by atoms with Gasteiger partial charge in [-0.1, -0.05) is 0 Å². The van der Waals surface area contributed by atoms with Gasteiger partial charge in [-0.15, -0.1) is 0 Å². The number of aldehydes is 1. The van der Waals surface area contributed by atoms with Crippen molar-refractivity contribution in [1.29, 1.82) is 0 Å². The fourth-order valence-electron chi connectivity index (χ4n) is 0.884. The lowest BCUT2D eigenvalue weighted by atomic mass is 10.3. The highest BCUT2D eigenvalue weighted by Gasteiger charge is 2.16. The van der Waals surface area contributed by atoms with Gasteiger partial charge in [0.15, 0.2) is 0 Å². The Morgan fingerprint density at radius 2 is 2.50 bits per heavy atom. The maximum Gasteiger partial charge on any atom is 0.284 e. The van der Waals surface area contributed by atoms with E-state index < -0.39 is 5.91 Å². The normalized spacial score (nSPS) is 24.2. The van der Waals surface area contributed by atoms with E-state index in [1.165, 1.54) is 0 Å². The van der Waals surface area contributed by atoms with Crippen molar-refractivity contribution in [1.82, 2.24) is 5.32 Å². The largest absolute Gasteiger partial charge is 0.379 e. The van der Waals surface area contributed by atoms with E-state index >= 15 is 0 Å². The molecular formula is C6H9NO3. The van der Waals surface area contributed by atoms with Gasteiger partial charge in [-0.25, -0.2) is 0 Å². The molecule has 0 spiro atoms. The van der Waals surface area contributed by atoms with Crippen molar-refractivity contribution in [3.8, 4) is 0 Å². The van der Waals surface area contributed by atoms with Crippen molar-refractivity contribution in [2.75, 3.05) is 13.2 Å². The third-order valence-electron chi connectivity index (χ3n) is 1.38. The van der Waals surface area contributed by atoms with Gasteiger partial charge in [0.1, 0.15) is 0 Å². The molecule has 4 heteroatoms. The number of hydrogen-bond acceptors (Lipinski definition) is 3. The molecule has 1 aliphatic heterocycles. The Morgan fingerprint density at radius 1 is 1.70 bits per heavy atom. The molecule has 0 radical (unpaired) electrons. The summed E-state index contributed by atoms with van der Waals surface area (Å²) in [4.78, 5) is 20.3. The first-order valence-electron chi connectivity index (χ1n) is 3.16. The van der Waals surface area contributed by atoms with Crippen LogP contribution in [0.1, 0.15) is 6.42 Å². The minimum Gasteiger partial charge on any atom is -0.379 e. The topological polar surface area (TPSA) is 55.4 Å². The van der Waals surface area contributed by atoms with Gasteiger partial charge in [0.05, 0.1) is 12.6 Å². The zero-order valence-corrected chi connectivity index (χ0v) is 5.50. The van der Waals surface area contributed by atoms with Crippen LogP contribution in [-0.2, 0) is 14.3 Å². The van der Waals surface area contributed by atoms with Gasteiger partial charge in [-0.3, -0.25) is 9.59 Å². The first-order chi connectivity index (χ1) is 4.83. The van der Waals surface area contributed by atoms with Crippen LogP contribution in [0.5, 0.6) is 0 Å². The zero-order chi connectivity index (χ0) is 7.40. The van der Waals surface area contributed by atoms with E-state index in [9.17, 15) is 9.59 Å². The summed E-state index contributed by atoms with van der Waals surface area (Å²) in [7, 11) is 0. The monoisotopic (exact) mass is 143 g/mol.